The zero-order valence-electron chi connectivity index (χ0n) is 21.4. The maximum absolute atomic E-state index is 14.7. The number of fused-ring (bicyclic) bond motifs is 1. The first-order valence-corrected chi connectivity index (χ1v) is 13.5. The summed E-state index contributed by atoms with van der Waals surface area (Å²) in [7, 11) is 0. The maximum Gasteiger partial charge on any atom is 0.287 e. The summed E-state index contributed by atoms with van der Waals surface area (Å²) in [6.45, 7) is 3.07. The summed E-state index contributed by atoms with van der Waals surface area (Å²) in [5, 5.41) is 23.4. The molecule has 1 amide bonds. The van der Waals surface area contributed by atoms with Crippen LogP contribution in [0, 0.1) is 5.82 Å². The second kappa shape index (κ2) is 10.2. The molecule has 1 aliphatic heterocycles. The molecular weight excluding hydrogens is 531 g/mol. The molecule has 40 heavy (non-hydrogen) atoms. The van der Waals surface area contributed by atoms with Gasteiger partial charge in [-0.1, -0.05) is 18.2 Å². The van der Waals surface area contributed by atoms with Gasteiger partial charge in [0.25, 0.3) is 11.5 Å². The number of hydrogen-bond donors (Lipinski definition) is 4. The summed E-state index contributed by atoms with van der Waals surface area (Å²) in [5.41, 5.74) is 0.774. The number of halogens is 1. The Hall–Kier alpha value is -4.61. The predicted octanol–water partition coefficient (Wildman–Crippen LogP) is 5.14. The van der Waals surface area contributed by atoms with Crippen LogP contribution in [0.15, 0.2) is 77.7 Å². The highest BCUT2D eigenvalue weighted by Crippen LogP contribution is 2.29. The number of H-pyrrole nitrogens is 1. The van der Waals surface area contributed by atoms with E-state index in [2.05, 4.69) is 30.7 Å². The topological polar surface area (TPSA) is 123 Å². The van der Waals surface area contributed by atoms with Crippen molar-refractivity contribution in [3.63, 3.8) is 0 Å². The van der Waals surface area contributed by atoms with Gasteiger partial charge in [0.2, 0.25) is 0 Å². The molecule has 4 heterocycles. The van der Waals surface area contributed by atoms with Gasteiger partial charge in [0.1, 0.15) is 17.3 Å². The number of pyridine rings is 1. The smallest absolute Gasteiger partial charge is 0.287 e. The maximum atomic E-state index is 14.7. The van der Waals surface area contributed by atoms with E-state index in [-0.39, 0.29) is 11.4 Å². The molecule has 1 aliphatic rings. The van der Waals surface area contributed by atoms with E-state index in [1.807, 2.05) is 37.3 Å². The fraction of sp³-hybridized carbons (Fsp3) is 0.172. The zero-order chi connectivity index (χ0) is 27.9. The van der Waals surface area contributed by atoms with E-state index in [4.69, 9.17) is 0 Å². The molecule has 0 radical (unpaired) electrons. The molecule has 1 fully saturated rings. The number of aliphatic hydroxyl groups is 1. The summed E-state index contributed by atoms with van der Waals surface area (Å²) < 4.78 is 15.6. The molecule has 5 aromatic rings. The van der Waals surface area contributed by atoms with Crippen LogP contribution < -0.4 is 21.1 Å². The Bertz CT molecular complexity index is 1750. The standard InChI is InChI=1S/C29H25FN6O3S/c1-29(39)10-11-36(16-29)19-7-9-26(31-15-19)32-23-14-21(34-35-27(23)37)17-6-8-20(30)22(12-17)33-28(38)25-13-18-4-2-3-5-24(18)40-25/h2-9,12-15,39H,10-11,16H2,1H3,(H,33,38)(H,35,37)(H,31,32,34). The molecule has 202 valence electrons. The van der Waals surface area contributed by atoms with Gasteiger partial charge in [-0.25, -0.2) is 14.5 Å². The molecule has 11 heteroatoms. The fourth-order valence-corrected chi connectivity index (χ4v) is 5.61. The molecule has 3 aromatic heterocycles. The Morgan fingerprint density at radius 1 is 1.12 bits per heavy atom. The highest BCUT2D eigenvalue weighted by atomic mass is 32.1. The first kappa shape index (κ1) is 25.7. The third-order valence-electron chi connectivity index (χ3n) is 6.79. The van der Waals surface area contributed by atoms with Crippen LogP contribution in [0.3, 0.4) is 0 Å². The van der Waals surface area contributed by atoms with Gasteiger partial charge in [0.05, 0.1) is 33.7 Å². The zero-order valence-corrected chi connectivity index (χ0v) is 22.3. The molecule has 0 spiro atoms. The van der Waals surface area contributed by atoms with E-state index < -0.39 is 22.9 Å². The number of carbonyl (C=O) groups is 1. The summed E-state index contributed by atoms with van der Waals surface area (Å²) in [6, 6.07) is 18.8. The number of nitrogens with zero attached hydrogens (tertiary/aromatic N) is 3. The number of aromatic nitrogens is 3. The Kier molecular flexibility index (Phi) is 6.53. The fourth-order valence-electron chi connectivity index (χ4n) is 4.66. The molecule has 9 nitrogen and oxygen atoms in total. The number of β-amino-alcohol motifs (C(OH)–C–C–N with tert-alkyl or cyclic N) is 1. The van der Waals surface area contributed by atoms with Gasteiger partial charge in [-0.3, -0.25) is 9.59 Å². The number of nitrogens with one attached hydrogen (secondary N) is 3. The van der Waals surface area contributed by atoms with Crippen LogP contribution in [-0.4, -0.2) is 44.9 Å². The lowest BCUT2D eigenvalue weighted by atomic mass is 10.1. The van der Waals surface area contributed by atoms with Gasteiger partial charge in [-0.15, -0.1) is 11.3 Å². The second-order valence-corrected chi connectivity index (χ2v) is 11.1. The van der Waals surface area contributed by atoms with Crippen LogP contribution in [0.25, 0.3) is 21.3 Å². The average molecular weight is 557 g/mol. The third kappa shape index (κ3) is 5.29. The SMILES string of the molecule is CC1(O)CCN(c2ccc(Nc3cc(-c4ccc(F)c(NC(=O)c5cc6ccccc6s5)c4)n[nH]c3=O)nc2)C1. The summed E-state index contributed by atoms with van der Waals surface area (Å²) in [4.78, 5) is 32.3. The molecule has 1 unspecified atom stereocenters. The molecule has 1 saturated heterocycles. The van der Waals surface area contributed by atoms with E-state index in [1.165, 1.54) is 35.6 Å². The van der Waals surface area contributed by atoms with Crippen molar-refractivity contribution in [2.45, 2.75) is 18.9 Å². The van der Waals surface area contributed by atoms with Gasteiger partial charge < -0.3 is 20.6 Å². The van der Waals surface area contributed by atoms with Gasteiger partial charge in [0, 0.05) is 23.4 Å². The van der Waals surface area contributed by atoms with Crippen molar-refractivity contribution >= 4 is 50.2 Å². The van der Waals surface area contributed by atoms with Crippen molar-refractivity contribution in [3.05, 3.63) is 94.0 Å². The van der Waals surface area contributed by atoms with Crippen molar-refractivity contribution in [1.29, 1.82) is 0 Å². The lowest BCUT2D eigenvalue weighted by molar-refractivity contribution is 0.0839. The lowest BCUT2D eigenvalue weighted by Gasteiger charge is -2.20. The van der Waals surface area contributed by atoms with Crippen LogP contribution in [0.4, 0.5) is 27.3 Å². The van der Waals surface area contributed by atoms with Gasteiger partial charge in [-0.05, 0) is 67.3 Å². The molecule has 0 saturated carbocycles. The van der Waals surface area contributed by atoms with Crippen molar-refractivity contribution in [3.8, 4) is 11.3 Å². The number of amides is 1. The molecule has 4 N–H and O–H groups in total. The normalized spacial score (nSPS) is 16.8. The number of anilines is 4. The molecule has 0 aliphatic carbocycles. The minimum absolute atomic E-state index is 0.000566. The average Bonchev–Trinajstić information content (AvgIpc) is 3.55. The van der Waals surface area contributed by atoms with Crippen molar-refractivity contribution in [2.75, 3.05) is 28.6 Å². The van der Waals surface area contributed by atoms with Crippen LogP contribution in [0.5, 0.6) is 0 Å². The number of benzene rings is 2. The Morgan fingerprint density at radius 3 is 2.73 bits per heavy atom. The van der Waals surface area contributed by atoms with Crippen LogP contribution in [-0.2, 0) is 0 Å². The Labute approximate surface area is 232 Å². The number of thiophene rings is 1. The lowest BCUT2D eigenvalue weighted by Crippen LogP contribution is -2.29. The Morgan fingerprint density at radius 2 is 1.98 bits per heavy atom. The van der Waals surface area contributed by atoms with E-state index in [1.54, 1.807) is 18.3 Å². The quantitative estimate of drug-likeness (QED) is 0.228. The van der Waals surface area contributed by atoms with E-state index in [9.17, 15) is 19.1 Å². The Balaban J connectivity index is 1.21. The van der Waals surface area contributed by atoms with Crippen molar-refractivity contribution < 1.29 is 14.3 Å². The summed E-state index contributed by atoms with van der Waals surface area (Å²) >= 11 is 1.33. The minimum atomic E-state index is -0.723. The number of aromatic amines is 1. The molecular formula is C29H25FN6O3S. The van der Waals surface area contributed by atoms with Crippen LogP contribution >= 0.6 is 11.3 Å². The van der Waals surface area contributed by atoms with E-state index in [0.717, 1.165) is 22.3 Å². The monoisotopic (exact) mass is 556 g/mol. The van der Waals surface area contributed by atoms with E-state index in [0.29, 0.717) is 34.9 Å². The second-order valence-electron chi connectivity index (χ2n) is 9.99. The minimum Gasteiger partial charge on any atom is -0.388 e. The van der Waals surface area contributed by atoms with Crippen molar-refractivity contribution in [1.82, 2.24) is 15.2 Å². The summed E-state index contributed by atoms with van der Waals surface area (Å²) in [5.74, 6) is -0.557. The highest BCUT2D eigenvalue weighted by Gasteiger charge is 2.31. The molecule has 1 atom stereocenters. The van der Waals surface area contributed by atoms with Gasteiger partial charge in [0.15, 0.2) is 0 Å². The summed E-state index contributed by atoms with van der Waals surface area (Å²) in [6.07, 6.45) is 2.37. The number of carbonyl (C=O) groups excluding carboxylic acids is 1. The third-order valence-corrected chi connectivity index (χ3v) is 7.91. The molecule has 6 rings (SSSR count). The number of rotatable bonds is 6. The van der Waals surface area contributed by atoms with Crippen LogP contribution in [0.2, 0.25) is 0 Å². The van der Waals surface area contributed by atoms with Crippen LogP contribution in [0.1, 0.15) is 23.0 Å². The first-order valence-electron chi connectivity index (χ1n) is 12.6. The predicted molar refractivity (Wildman–Crippen MR) is 155 cm³/mol. The first-order chi connectivity index (χ1) is 19.2. The largest absolute Gasteiger partial charge is 0.388 e. The molecule has 0 bridgehead atoms. The van der Waals surface area contributed by atoms with Gasteiger partial charge >= 0.3 is 0 Å². The highest BCUT2D eigenvalue weighted by molar-refractivity contribution is 7.20. The van der Waals surface area contributed by atoms with Gasteiger partial charge in [-0.2, -0.15) is 5.10 Å². The molecule has 2 aromatic carbocycles. The number of hydrogen-bond acceptors (Lipinski definition) is 8. The van der Waals surface area contributed by atoms with Crippen molar-refractivity contribution in [2.24, 2.45) is 0 Å². The van der Waals surface area contributed by atoms with E-state index >= 15 is 0 Å².